The summed E-state index contributed by atoms with van der Waals surface area (Å²) < 4.78 is 14.8. The van der Waals surface area contributed by atoms with Crippen LogP contribution in [0.5, 0.6) is 0 Å². The normalized spacial score (nSPS) is 13.5. The van der Waals surface area contributed by atoms with Gasteiger partial charge in [-0.2, -0.15) is 0 Å². The first-order valence-electron chi connectivity index (χ1n) is 20.0. The number of nitrogens with one attached hydrogen (secondary N) is 1. The molecule has 46 heavy (non-hydrogen) atoms. The second-order valence-electron chi connectivity index (χ2n) is 13.8. The van der Waals surface area contributed by atoms with E-state index in [2.05, 4.69) is 23.5 Å². The lowest BCUT2D eigenvalue weighted by Gasteiger charge is -2.26. The zero-order valence-corrected chi connectivity index (χ0v) is 31.4. The highest BCUT2D eigenvalue weighted by atomic mass is 32.2. The Morgan fingerprint density at radius 3 is 1.76 bits per heavy atom. The largest absolute Gasteiger partial charge is 0.462 e. The van der Waals surface area contributed by atoms with Crippen LogP contribution in [0.15, 0.2) is 0 Å². The van der Waals surface area contributed by atoms with E-state index < -0.39 is 0 Å². The highest BCUT2D eigenvalue weighted by molar-refractivity contribution is 7.98. The Kier molecular flexibility index (Phi) is 32.3. The van der Waals surface area contributed by atoms with Crippen LogP contribution >= 0.6 is 11.9 Å². The van der Waals surface area contributed by atoms with Gasteiger partial charge in [-0.25, -0.2) is 0 Å². The van der Waals surface area contributed by atoms with Crippen molar-refractivity contribution in [3.05, 3.63) is 0 Å². The Labute approximate surface area is 290 Å². The number of aldehydes is 1. The van der Waals surface area contributed by atoms with E-state index in [9.17, 15) is 9.59 Å². The summed E-state index contributed by atoms with van der Waals surface area (Å²) in [5.41, 5.74) is 0. The van der Waals surface area contributed by atoms with Crippen molar-refractivity contribution in [2.45, 2.75) is 199 Å². The predicted octanol–water partition coefficient (Wildman–Crippen LogP) is 10.6. The summed E-state index contributed by atoms with van der Waals surface area (Å²) in [4.78, 5) is 25.9. The third-order valence-electron chi connectivity index (χ3n) is 9.32. The van der Waals surface area contributed by atoms with Crippen molar-refractivity contribution >= 4 is 24.2 Å². The standard InChI is InChI=1S/C39H76N2O4S/c1-3-5-7-9-14-20-27-37(28-21-15-10-8-6-4-2)45-39(43)29-22-16-13-18-24-32-41(31-23-17-11-12-19-25-34-42)33-26-30-40-46-38-35-44-36-38/h34,37-38,40H,3-33,35-36H2,1-2H3. The van der Waals surface area contributed by atoms with Crippen LogP contribution in [0, 0.1) is 0 Å². The first-order valence-corrected chi connectivity index (χ1v) is 20.9. The average molecular weight is 669 g/mol. The second kappa shape index (κ2) is 34.2. The molecule has 1 heterocycles. The molecule has 272 valence electrons. The minimum atomic E-state index is 0.0379. The summed E-state index contributed by atoms with van der Waals surface area (Å²) in [7, 11) is 0. The van der Waals surface area contributed by atoms with E-state index in [1.807, 2.05) is 11.9 Å². The number of esters is 1. The maximum absolute atomic E-state index is 12.7. The molecular formula is C39H76N2O4S. The van der Waals surface area contributed by atoms with Crippen LogP contribution in [0.3, 0.4) is 0 Å². The van der Waals surface area contributed by atoms with Gasteiger partial charge in [-0.3, -0.25) is 9.52 Å². The van der Waals surface area contributed by atoms with Gasteiger partial charge in [0, 0.05) is 19.4 Å². The lowest BCUT2D eigenvalue weighted by atomic mass is 10.0. The molecule has 6 nitrogen and oxygen atoms in total. The van der Waals surface area contributed by atoms with E-state index >= 15 is 0 Å². The fourth-order valence-electron chi connectivity index (χ4n) is 6.21. The molecule has 1 aliphatic rings. The molecule has 0 bridgehead atoms. The molecule has 0 aromatic heterocycles. The molecule has 1 saturated heterocycles. The Morgan fingerprint density at radius 2 is 1.22 bits per heavy atom. The van der Waals surface area contributed by atoms with Gasteiger partial charge in [-0.1, -0.05) is 129 Å². The summed E-state index contributed by atoms with van der Waals surface area (Å²) in [6.45, 7) is 10.9. The maximum Gasteiger partial charge on any atom is 0.306 e. The van der Waals surface area contributed by atoms with Crippen molar-refractivity contribution < 1.29 is 19.1 Å². The molecule has 0 aromatic rings. The quantitative estimate of drug-likeness (QED) is 0.0306. The summed E-state index contributed by atoms with van der Waals surface area (Å²) in [5, 5.41) is 0.633. The van der Waals surface area contributed by atoms with E-state index in [0.717, 1.165) is 64.7 Å². The molecule has 1 N–H and O–H groups in total. The number of rotatable bonds is 37. The molecule has 0 aliphatic carbocycles. The topological polar surface area (TPSA) is 67.9 Å². The molecule has 0 amide bonds. The van der Waals surface area contributed by atoms with E-state index in [1.54, 1.807) is 0 Å². The first-order chi connectivity index (χ1) is 22.7. The summed E-state index contributed by atoms with van der Waals surface area (Å²) in [5.74, 6) is 0.0379. The van der Waals surface area contributed by atoms with Crippen LogP contribution in [0.25, 0.3) is 0 Å². The Hall–Kier alpha value is -0.630. The molecule has 0 radical (unpaired) electrons. The first kappa shape index (κ1) is 43.4. The summed E-state index contributed by atoms with van der Waals surface area (Å²) in [6.07, 6.45) is 33.0. The number of carbonyl (C=O) groups excluding carboxylic acids is 2. The van der Waals surface area contributed by atoms with Crippen molar-refractivity contribution in [1.29, 1.82) is 0 Å². The highest BCUT2D eigenvalue weighted by Gasteiger charge is 2.18. The minimum absolute atomic E-state index is 0.0379. The van der Waals surface area contributed by atoms with Crippen LogP contribution in [-0.2, 0) is 19.1 Å². The fourth-order valence-corrected chi connectivity index (χ4v) is 7.04. The molecule has 0 spiro atoms. The van der Waals surface area contributed by atoms with Gasteiger partial charge < -0.3 is 19.2 Å². The molecule has 0 unspecified atom stereocenters. The van der Waals surface area contributed by atoms with E-state index in [-0.39, 0.29) is 12.1 Å². The smallest absolute Gasteiger partial charge is 0.306 e. The molecule has 1 aliphatic heterocycles. The van der Waals surface area contributed by atoms with Crippen molar-refractivity contribution in [2.75, 3.05) is 39.4 Å². The van der Waals surface area contributed by atoms with Crippen LogP contribution < -0.4 is 4.72 Å². The van der Waals surface area contributed by atoms with Crippen molar-refractivity contribution in [3.63, 3.8) is 0 Å². The molecule has 1 rings (SSSR count). The van der Waals surface area contributed by atoms with Crippen LogP contribution in [0.2, 0.25) is 0 Å². The third kappa shape index (κ3) is 28.4. The number of unbranched alkanes of at least 4 members (excludes halogenated alkanes) is 19. The van der Waals surface area contributed by atoms with Gasteiger partial charge in [0.25, 0.3) is 0 Å². The molecule has 7 heteroatoms. The van der Waals surface area contributed by atoms with Crippen molar-refractivity contribution in [3.8, 4) is 0 Å². The van der Waals surface area contributed by atoms with Gasteiger partial charge in [0.2, 0.25) is 0 Å². The SMILES string of the molecule is CCCCCCCCC(CCCCCCCC)OC(=O)CCCCCCCN(CCCCCCCC=O)CCCNSC1COC1. The summed E-state index contributed by atoms with van der Waals surface area (Å²) in [6, 6.07) is 0. The molecule has 0 saturated carbocycles. The van der Waals surface area contributed by atoms with E-state index in [0.29, 0.717) is 18.1 Å². The Morgan fingerprint density at radius 1 is 0.717 bits per heavy atom. The molecule has 0 atom stereocenters. The predicted molar refractivity (Wildman–Crippen MR) is 199 cm³/mol. The Bertz CT molecular complexity index is 648. The van der Waals surface area contributed by atoms with Gasteiger partial charge in [-0.15, -0.1) is 0 Å². The van der Waals surface area contributed by atoms with Gasteiger partial charge in [0.15, 0.2) is 0 Å². The maximum atomic E-state index is 12.7. The van der Waals surface area contributed by atoms with Gasteiger partial charge >= 0.3 is 5.97 Å². The second-order valence-corrected chi connectivity index (χ2v) is 15.0. The van der Waals surface area contributed by atoms with Gasteiger partial charge in [0.05, 0.1) is 18.5 Å². The third-order valence-corrected chi connectivity index (χ3v) is 10.3. The van der Waals surface area contributed by atoms with Crippen molar-refractivity contribution in [2.24, 2.45) is 0 Å². The number of carbonyl (C=O) groups is 2. The van der Waals surface area contributed by atoms with Crippen molar-refractivity contribution in [1.82, 2.24) is 9.62 Å². The van der Waals surface area contributed by atoms with Gasteiger partial charge in [-0.05, 0) is 77.4 Å². The zero-order chi connectivity index (χ0) is 33.2. The van der Waals surface area contributed by atoms with Crippen LogP contribution in [0.4, 0.5) is 0 Å². The fraction of sp³-hybridized carbons (Fsp3) is 0.949. The highest BCUT2D eigenvalue weighted by Crippen LogP contribution is 2.19. The number of nitrogens with zero attached hydrogens (tertiary/aromatic N) is 1. The lowest BCUT2D eigenvalue weighted by Crippen LogP contribution is -2.34. The summed E-state index contributed by atoms with van der Waals surface area (Å²) >= 11 is 1.84. The Balaban J connectivity index is 2.23. The molecular weight excluding hydrogens is 593 g/mol. The molecule has 0 aromatic carbocycles. The lowest BCUT2D eigenvalue weighted by molar-refractivity contribution is -0.150. The van der Waals surface area contributed by atoms with Crippen LogP contribution in [-0.4, -0.2) is 67.9 Å². The zero-order valence-electron chi connectivity index (χ0n) is 30.6. The number of hydrogen-bond acceptors (Lipinski definition) is 7. The average Bonchev–Trinajstić information content (AvgIpc) is 3.03. The van der Waals surface area contributed by atoms with Gasteiger partial charge in [0.1, 0.15) is 12.4 Å². The minimum Gasteiger partial charge on any atom is -0.462 e. The number of ether oxygens (including phenoxy) is 2. The monoisotopic (exact) mass is 669 g/mol. The van der Waals surface area contributed by atoms with E-state index in [4.69, 9.17) is 9.47 Å². The molecule has 1 fully saturated rings. The number of hydrogen-bond donors (Lipinski definition) is 1. The van der Waals surface area contributed by atoms with Crippen LogP contribution in [0.1, 0.15) is 187 Å². The van der Waals surface area contributed by atoms with E-state index in [1.165, 1.54) is 142 Å².